The molecule has 28 heavy (non-hydrogen) atoms. The Morgan fingerprint density at radius 3 is 2.39 bits per heavy atom. The molecule has 0 unspecified atom stereocenters. The van der Waals surface area contributed by atoms with Crippen molar-refractivity contribution in [3.05, 3.63) is 48.0 Å². The van der Waals surface area contributed by atoms with E-state index in [9.17, 15) is 9.59 Å². The van der Waals surface area contributed by atoms with Gasteiger partial charge in [-0.2, -0.15) is 5.26 Å². The molecule has 2 aromatic rings. The van der Waals surface area contributed by atoms with Gasteiger partial charge in [0.05, 0.1) is 19.8 Å². The lowest BCUT2D eigenvalue weighted by Crippen LogP contribution is -2.13. The molecule has 0 heterocycles. The molecule has 0 saturated carbocycles. The summed E-state index contributed by atoms with van der Waals surface area (Å²) in [6.45, 7) is 2.45. The average Bonchev–Trinajstić information content (AvgIpc) is 2.68. The van der Waals surface area contributed by atoms with Crippen LogP contribution in [-0.4, -0.2) is 25.5 Å². The Bertz CT molecular complexity index is 874. The van der Waals surface area contributed by atoms with Gasteiger partial charge in [-0.3, -0.25) is 9.59 Å². The maximum Gasteiger partial charge on any atom is 0.238 e. The van der Waals surface area contributed by atoms with Crippen LogP contribution in [0.5, 0.6) is 11.5 Å². The van der Waals surface area contributed by atoms with Crippen molar-refractivity contribution in [2.75, 3.05) is 24.4 Å². The number of carbonyl (C=O) groups excluding carboxylic acids is 2. The van der Waals surface area contributed by atoms with Crippen molar-refractivity contribution in [3.63, 3.8) is 0 Å². The van der Waals surface area contributed by atoms with E-state index in [1.807, 2.05) is 25.1 Å². The number of amides is 2. The molecular weight excluding hydrogens is 358 g/mol. The maximum atomic E-state index is 12.2. The number of nitriles is 1. The molecular formula is C21H23N3O4. The minimum Gasteiger partial charge on any atom is -0.493 e. The fourth-order valence-electron chi connectivity index (χ4n) is 2.58. The first-order chi connectivity index (χ1) is 13.5. The van der Waals surface area contributed by atoms with Crippen LogP contribution in [0.3, 0.4) is 0 Å². The minimum absolute atomic E-state index is 0.145. The van der Waals surface area contributed by atoms with E-state index < -0.39 is 5.91 Å². The van der Waals surface area contributed by atoms with E-state index in [-0.39, 0.29) is 12.3 Å². The Labute approximate surface area is 164 Å². The number of rotatable bonds is 9. The smallest absolute Gasteiger partial charge is 0.238 e. The fraction of sp³-hybridized carbons (Fsp3) is 0.286. The number of aryl methyl sites for hydroxylation is 1. The van der Waals surface area contributed by atoms with Crippen LogP contribution in [0, 0.1) is 11.3 Å². The van der Waals surface area contributed by atoms with Gasteiger partial charge in [-0.25, -0.2) is 0 Å². The van der Waals surface area contributed by atoms with E-state index in [1.165, 1.54) is 0 Å². The van der Waals surface area contributed by atoms with Crippen LogP contribution in [-0.2, 0) is 16.0 Å². The Morgan fingerprint density at radius 1 is 1.04 bits per heavy atom. The first-order valence-corrected chi connectivity index (χ1v) is 8.92. The number of hydrogen-bond donors (Lipinski definition) is 2. The molecule has 7 nitrogen and oxygen atoms in total. The van der Waals surface area contributed by atoms with Crippen molar-refractivity contribution in [2.45, 2.75) is 26.2 Å². The molecule has 0 fully saturated rings. The van der Waals surface area contributed by atoms with E-state index >= 15 is 0 Å². The van der Waals surface area contributed by atoms with Gasteiger partial charge < -0.3 is 20.1 Å². The predicted octanol–water partition coefficient (Wildman–Crippen LogP) is 3.52. The van der Waals surface area contributed by atoms with Crippen molar-refractivity contribution in [2.24, 2.45) is 0 Å². The molecule has 0 saturated heterocycles. The van der Waals surface area contributed by atoms with Crippen LogP contribution in [0.1, 0.15) is 25.3 Å². The lowest BCUT2D eigenvalue weighted by Gasteiger charge is -2.11. The normalized spacial score (nSPS) is 9.89. The summed E-state index contributed by atoms with van der Waals surface area (Å²) in [6, 6.07) is 14.2. The van der Waals surface area contributed by atoms with Crippen molar-refractivity contribution in [3.8, 4) is 17.6 Å². The molecule has 2 amide bonds. The van der Waals surface area contributed by atoms with E-state index in [0.29, 0.717) is 42.3 Å². The van der Waals surface area contributed by atoms with Crippen molar-refractivity contribution < 1.29 is 19.1 Å². The molecule has 0 atom stereocenters. The van der Waals surface area contributed by atoms with E-state index in [1.54, 1.807) is 37.4 Å². The molecule has 0 bridgehead atoms. The van der Waals surface area contributed by atoms with Crippen molar-refractivity contribution in [1.82, 2.24) is 0 Å². The van der Waals surface area contributed by atoms with Gasteiger partial charge in [-0.15, -0.1) is 0 Å². The summed E-state index contributed by atoms with van der Waals surface area (Å²) in [5.41, 5.74) is 2.06. The number of nitrogens with one attached hydrogen (secondary N) is 2. The second-order valence-electron chi connectivity index (χ2n) is 5.93. The molecule has 2 rings (SSSR count). The number of methoxy groups -OCH3 is 1. The Morgan fingerprint density at radius 2 is 1.75 bits per heavy atom. The number of ether oxygens (including phenoxy) is 2. The van der Waals surface area contributed by atoms with Crippen LogP contribution >= 0.6 is 0 Å². The number of hydrogen-bond acceptors (Lipinski definition) is 5. The number of nitrogens with zero attached hydrogens (tertiary/aromatic N) is 1. The summed E-state index contributed by atoms with van der Waals surface area (Å²) in [4.78, 5) is 23.7. The average molecular weight is 381 g/mol. The highest BCUT2D eigenvalue weighted by Gasteiger charge is 2.09. The first kappa shape index (κ1) is 20.8. The highest BCUT2D eigenvalue weighted by molar-refractivity contribution is 5.94. The lowest BCUT2D eigenvalue weighted by atomic mass is 10.1. The quantitative estimate of drug-likeness (QED) is 0.692. The van der Waals surface area contributed by atoms with Gasteiger partial charge in [-0.1, -0.05) is 12.1 Å². The van der Waals surface area contributed by atoms with E-state index in [4.69, 9.17) is 14.7 Å². The van der Waals surface area contributed by atoms with Crippen molar-refractivity contribution >= 4 is 23.2 Å². The summed E-state index contributed by atoms with van der Waals surface area (Å²) >= 11 is 0. The Hall–Kier alpha value is -3.53. The zero-order valence-corrected chi connectivity index (χ0v) is 16.0. The van der Waals surface area contributed by atoms with Gasteiger partial charge >= 0.3 is 0 Å². The third-order valence-electron chi connectivity index (χ3n) is 3.84. The van der Waals surface area contributed by atoms with E-state index in [0.717, 1.165) is 5.56 Å². The van der Waals surface area contributed by atoms with Gasteiger partial charge in [0.2, 0.25) is 11.8 Å². The second-order valence-corrected chi connectivity index (χ2v) is 5.93. The highest BCUT2D eigenvalue weighted by atomic mass is 16.5. The monoisotopic (exact) mass is 381 g/mol. The van der Waals surface area contributed by atoms with Gasteiger partial charge in [-0.05, 0) is 49.2 Å². The summed E-state index contributed by atoms with van der Waals surface area (Å²) in [6.07, 6.45) is 0.623. The highest BCUT2D eigenvalue weighted by Crippen LogP contribution is 2.28. The zero-order valence-electron chi connectivity index (χ0n) is 16.0. The number of carbonyl (C=O) groups is 2. The van der Waals surface area contributed by atoms with Gasteiger partial charge in [0.25, 0.3) is 0 Å². The van der Waals surface area contributed by atoms with E-state index in [2.05, 4.69) is 10.6 Å². The van der Waals surface area contributed by atoms with Gasteiger partial charge in [0.1, 0.15) is 6.42 Å². The topological polar surface area (TPSA) is 100 Å². The molecule has 2 N–H and O–H groups in total. The lowest BCUT2D eigenvalue weighted by molar-refractivity contribution is -0.116. The minimum atomic E-state index is -0.393. The van der Waals surface area contributed by atoms with Crippen LogP contribution in [0.2, 0.25) is 0 Å². The molecule has 0 aliphatic carbocycles. The van der Waals surface area contributed by atoms with Gasteiger partial charge in [0.15, 0.2) is 11.5 Å². The third kappa shape index (κ3) is 6.32. The summed E-state index contributed by atoms with van der Waals surface area (Å²) in [7, 11) is 1.58. The predicted molar refractivity (Wildman–Crippen MR) is 106 cm³/mol. The number of benzene rings is 2. The zero-order chi connectivity index (χ0) is 20.4. The molecule has 0 radical (unpaired) electrons. The van der Waals surface area contributed by atoms with Crippen molar-refractivity contribution in [1.29, 1.82) is 5.26 Å². The van der Waals surface area contributed by atoms with Crippen LogP contribution < -0.4 is 20.1 Å². The largest absolute Gasteiger partial charge is 0.493 e. The van der Waals surface area contributed by atoms with Gasteiger partial charge in [0, 0.05) is 17.8 Å². The fourth-order valence-corrected chi connectivity index (χ4v) is 2.58. The van der Waals surface area contributed by atoms with Crippen LogP contribution in [0.4, 0.5) is 11.4 Å². The molecule has 2 aromatic carbocycles. The molecule has 0 aliphatic rings. The number of anilines is 2. The molecule has 7 heteroatoms. The molecule has 0 spiro atoms. The molecule has 146 valence electrons. The molecule has 0 aromatic heterocycles. The SMILES string of the molecule is CCOc1ccc(CCC(=O)Nc2cccc(NC(=O)CC#N)c2)cc1OC. The summed E-state index contributed by atoms with van der Waals surface area (Å²) in [5.74, 6) is 0.776. The maximum absolute atomic E-state index is 12.2. The summed E-state index contributed by atoms with van der Waals surface area (Å²) < 4.78 is 10.8. The third-order valence-corrected chi connectivity index (χ3v) is 3.84. The standard InChI is InChI=1S/C21H23N3O4/c1-3-28-18-9-7-15(13-19(18)27-2)8-10-20(25)23-16-5-4-6-17(14-16)24-21(26)11-12-22/h4-7,9,13-14H,3,8,10-11H2,1-2H3,(H,23,25)(H,24,26). The second kappa shape index (κ2) is 10.6. The van der Waals surface area contributed by atoms with Crippen LogP contribution in [0.15, 0.2) is 42.5 Å². The molecule has 0 aliphatic heterocycles. The Kier molecular flexibility index (Phi) is 7.85. The van der Waals surface area contributed by atoms with Crippen LogP contribution in [0.25, 0.3) is 0 Å². The summed E-state index contributed by atoms with van der Waals surface area (Å²) in [5, 5.41) is 13.9. The first-order valence-electron chi connectivity index (χ1n) is 8.92. The Balaban J connectivity index is 1.92.